The average Bonchev–Trinajstić information content (AvgIpc) is 3.40. The molecule has 0 saturated heterocycles. The molecule has 2 aromatic heterocycles. The molecule has 0 fully saturated rings. The summed E-state index contributed by atoms with van der Waals surface area (Å²) in [6, 6.07) is 37.7. The molecule has 1 atom stereocenters. The van der Waals surface area contributed by atoms with Gasteiger partial charge in [0.2, 0.25) is 5.88 Å². The summed E-state index contributed by atoms with van der Waals surface area (Å²) in [7, 11) is 0. The van der Waals surface area contributed by atoms with Gasteiger partial charge in [0.25, 0.3) is 0 Å². The summed E-state index contributed by atoms with van der Waals surface area (Å²) in [6.45, 7) is 0. The second-order valence-corrected chi connectivity index (χ2v) is 9.34. The van der Waals surface area contributed by atoms with Gasteiger partial charge in [-0.2, -0.15) is 0 Å². The number of nitrogens with zero attached hydrogens (tertiary/aromatic N) is 4. The molecule has 5 aromatic carbocycles. The van der Waals surface area contributed by atoms with Gasteiger partial charge in [-0.25, -0.2) is 14.5 Å². The normalized spacial score (nSPS) is 14.4. The highest BCUT2D eigenvalue weighted by Gasteiger charge is 2.34. The second-order valence-electron chi connectivity index (χ2n) is 9.34. The smallest absolute Gasteiger partial charge is 0.228 e. The van der Waals surface area contributed by atoms with Gasteiger partial charge in [0.05, 0.1) is 5.56 Å². The number of benzene rings is 5. The molecule has 1 aliphatic rings. The maximum Gasteiger partial charge on any atom is 0.228 e. The lowest BCUT2D eigenvalue weighted by molar-refractivity contribution is 0.437. The van der Waals surface area contributed by atoms with Gasteiger partial charge in [-0.3, -0.25) is 0 Å². The first kappa shape index (κ1) is 20.2. The standard InChI is InChI=1S/C32H20N4O/c1-2-11-22(12-3-1)27-26-18-17-21-10-5-7-15-24(21)29(26)37-32-28(27)31-34-30(35-36(31)19-33-32)25-16-8-13-20-9-4-6-14-23(20)25/h1-19,27H/t27-/m0/s1. The Morgan fingerprint density at radius 1 is 0.676 bits per heavy atom. The summed E-state index contributed by atoms with van der Waals surface area (Å²) in [5.74, 6) is 2.00. The molecule has 5 heteroatoms. The van der Waals surface area contributed by atoms with Gasteiger partial charge in [-0.05, 0) is 21.7 Å². The van der Waals surface area contributed by atoms with E-state index in [0.717, 1.165) is 55.2 Å². The van der Waals surface area contributed by atoms with Crippen LogP contribution in [-0.2, 0) is 0 Å². The number of ether oxygens (including phenoxy) is 1. The van der Waals surface area contributed by atoms with Crippen LogP contribution in [0.5, 0.6) is 11.6 Å². The Balaban J connectivity index is 1.41. The summed E-state index contributed by atoms with van der Waals surface area (Å²) in [6.07, 6.45) is 1.70. The van der Waals surface area contributed by atoms with Crippen molar-refractivity contribution >= 4 is 27.2 Å². The summed E-state index contributed by atoms with van der Waals surface area (Å²) >= 11 is 0. The number of fused-ring (bicyclic) bond motifs is 7. The van der Waals surface area contributed by atoms with Gasteiger partial charge in [0.1, 0.15) is 12.1 Å². The number of hydrogen-bond acceptors (Lipinski definition) is 4. The maximum atomic E-state index is 6.54. The fourth-order valence-electron chi connectivity index (χ4n) is 5.57. The van der Waals surface area contributed by atoms with E-state index in [1.54, 1.807) is 10.8 Å². The van der Waals surface area contributed by atoms with Crippen LogP contribution in [0.2, 0.25) is 0 Å². The molecule has 37 heavy (non-hydrogen) atoms. The third-order valence-electron chi connectivity index (χ3n) is 7.26. The van der Waals surface area contributed by atoms with Gasteiger partial charge < -0.3 is 4.74 Å². The fraction of sp³-hybridized carbons (Fsp3) is 0.0312. The first-order valence-electron chi connectivity index (χ1n) is 12.3. The molecule has 1 aliphatic heterocycles. The zero-order valence-corrected chi connectivity index (χ0v) is 19.7. The summed E-state index contributed by atoms with van der Waals surface area (Å²) in [4.78, 5) is 9.83. The lowest BCUT2D eigenvalue weighted by Crippen LogP contribution is -2.15. The van der Waals surface area contributed by atoms with E-state index in [1.807, 2.05) is 36.4 Å². The van der Waals surface area contributed by atoms with Crippen molar-refractivity contribution in [1.29, 1.82) is 0 Å². The van der Waals surface area contributed by atoms with E-state index >= 15 is 0 Å². The molecule has 3 heterocycles. The Bertz CT molecular complexity index is 1970. The lowest BCUT2D eigenvalue weighted by atomic mass is 9.83. The number of rotatable bonds is 2. The first-order valence-corrected chi connectivity index (χ1v) is 12.3. The molecule has 0 bridgehead atoms. The highest BCUT2D eigenvalue weighted by Crippen LogP contribution is 2.50. The van der Waals surface area contributed by atoms with Crippen LogP contribution in [0.25, 0.3) is 38.6 Å². The van der Waals surface area contributed by atoms with Gasteiger partial charge >= 0.3 is 0 Å². The highest BCUT2D eigenvalue weighted by molar-refractivity contribution is 5.95. The SMILES string of the molecule is c1ccc([C@H]2c3ccc4ccccc4c3Oc3ncn4nc(-c5cccc6ccccc56)nc4c32)cc1. The van der Waals surface area contributed by atoms with Crippen molar-refractivity contribution in [1.82, 2.24) is 19.6 Å². The van der Waals surface area contributed by atoms with Crippen LogP contribution in [0.15, 0.2) is 116 Å². The quantitative estimate of drug-likeness (QED) is 0.261. The Morgan fingerprint density at radius 2 is 1.41 bits per heavy atom. The molecular weight excluding hydrogens is 456 g/mol. The highest BCUT2D eigenvalue weighted by atomic mass is 16.5. The molecule has 0 radical (unpaired) electrons. The van der Waals surface area contributed by atoms with Crippen LogP contribution in [0, 0.1) is 0 Å². The van der Waals surface area contributed by atoms with Crippen molar-refractivity contribution in [2.75, 3.05) is 0 Å². The Labute approximate surface area is 212 Å². The molecule has 0 saturated carbocycles. The Morgan fingerprint density at radius 3 is 2.27 bits per heavy atom. The van der Waals surface area contributed by atoms with E-state index in [2.05, 4.69) is 72.8 Å². The number of aromatic nitrogens is 4. The van der Waals surface area contributed by atoms with Gasteiger partial charge in [-0.1, -0.05) is 109 Å². The van der Waals surface area contributed by atoms with Crippen LogP contribution in [0.3, 0.4) is 0 Å². The second kappa shape index (κ2) is 7.73. The molecular formula is C32H20N4O. The summed E-state index contributed by atoms with van der Waals surface area (Å²) in [5, 5.41) is 9.35. The van der Waals surface area contributed by atoms with Crippen LogP contribution in [0.4, 0.5) is 0 Å². The van der Waals surface area contributed by atoms with E-state index in [0.29, 0.717) is 11.7 Å². The van der Waals surface area contributed by atoms with Crippen molar-refractivity contribution in [3.63, 3.8) is 0 Å². The zero-order chi connectivity index (χ0) is 24.3. The van der Waals surface area contributed by atoms with E-state index < -0.39 is 0 Å². The Kier molecular flexibility index (Phi) is 4.22. The van der Waals surface area contributed by atoms with Crippen LogP contribution in [-0.4, -0.2) is 19.6 Å². The summed E-state index contributed by atoms with van der Waals surface area (Å²) in [5.41, 5.74) is 4.93. The minimum Gasteiger partial charge on any atom is -0.438 e. The van der Waals surface area contributed by atoms with Crippen LogP contribution in [0.1, 0.15) is 22.6 Å². The first-order chi connectivity index (χ1) is 18.3. The fourth-order valence-corrected chi connectivity index (χ4v) is 5.57. The molecule has 0 unspecified atom stereocenters. The summed E-state index contributed by atoms with van der Waals surface area (Å²) < 4.78 is 8.32. The van der Waals surface area contributed by atoms with Crippen LogP contribution < -0.4 is 4.74 Å². The zero-order valence-electron chi connectivity index (χ0n) is 19.7. The lowest BCUT2D eigenvalue weighted by Gasteiger charge is -2.28. The molecule has 0 N–H and O–H groups in total. The topological polar surface area (TPSA) is 52.3 Å². The van der Waals surface area contributed by atoms with E-state index in [4.69, 9.17) is 19.8 Å². The number of hydrogen-bond donors (Lipinski definition) is 0. The molecule has 0 aliphatic carbocycles. The third-order valence-corrected chi connectivity index (χ3v) is 7.26. The third kappa shape index (κ3) is 3.01. The molecule has 5 nitrogen and oxygen atoms in total. The van der Waals surface area contributed by atoms with Crippen molar-refractivity contribution in [3.05, 3.63) is 132 Å². The van der Waals surface area contributed by atoms with Gasteiger partial charge in [-0.15, -0.1) is 5.10 Å². The molecule has 0 amide bonds. The maximum absolute atomic E-state index is 6.54. The largest absolute Gasteiger partial charge is 0.438 e. The average molecular weight is 477 g/mol. The van der Waals surface area contributed by atoms with Crippen molar-refractivity contribution in [3.8, 4) is 23.0 Å². The molecule has 8 rings (SSSR count). The van der Waals surface area contributed by atoms with Gasteiger partial charge in [0.15, 0.2) is 11.5 Å². The van der Waals surface area contributed by atoms with Crippen molar-refractivity contribution < 1.29 is 4.74 Å². The van der Waals surface area contributed by atoms with E-state index in [9.17, 15) is 0 Å². The van der Waals surface area contributed by atoms with E-state index in [1.165, 1.54) is 0 Å². The predicted molar refractivity (Wildman–Crippen MR) is 145 cm³/mol. The monoisotopic (exact) mass is 476 g/mol. The minimum absolute atomic E-state index is 0.0923. The van der Waals surface area contributed by atoms with E-state index in [-0.39, 0.29) is 5.92 Å². The van der Waals surface area contributed by atoms with Crippen molar-refractivity contribution in [2.45, 2.75) is 5.92 Å². The molecule has 174 valence electrons. The van der Waals surface area contributed by atoms with Crippen molar-refractivity contribution in [2.24, 2.45) is 0 Å². The minimum atomic E-state index is -0.0923. The Hall–Kier alpha value is -5.03. The molecule has 0 spiro atoms. The van der Waals surface area contributed by atoms with Crippen LogP contribution >= 0.6 is 0 Å². The van der Waals surface area contributed by atoms with Gasteiger partial charge in [0, 0.05) is 22.4 Å². The predicted octanol–water partition coefficient (Wildman–Crippen LogP) is 7.38. The molecule has 7 aromatic rings.